The van der Waals surface area contributed by atoms with E-state index in [1.807, 2.05) is 11.0 Å². The maximum Gasteiger partial charge on any atom is 0.219 e. The third-order valence-electron chi connectivity index (χ3n) is 6.82. The topological polar surface area (TPSA) is 80.6 Å². The van der Waals surface area contributed by atoms with Crippen molar-refractivity contribution < 1.29 is 17.5 Å². The summed E-state index contributed by atoms with van der Waals surface area (Å²) in [6.45, 7) is 0.875. The predicted octanol–water partition coefficient (Wildman–Crippen LogP) is 2.76. The van der Waals surface area contributed by atoms with Gasteiger partial charge in [0.15, 0.2) is 5.82 Å². The Hall–Kier alpha value is -2.23. The number of hydrogen-bond donors (Lipinski definition) is 1. The van der Waals surface area contributed by atoms with E-state index < -0.39 is 21.3 Å². The maximum atomic E-state index is 13.7. The van der Waals surface area contributed by atoms with Crippen LogP contribution in [0.1, 0.15) is 43.6 Å². The van der Waals surface area contributed by atoms with Gasteiger partial charge in [-0.3, -0.25) is 4.79 Å². The van der Waals surface area contributed by atoms with Crippen molar-refractivity contribution in [3.8, 4) is 0 Å². The monoisotopic (exact) mass is 477 g/mol. The van der Waals surface area contributed by atoms with Gasteiger partial charge >= 0.3 is 0 Å². The molecule has 9 heteroatoms. The third-order valence-corrected chi connectivity index (χ3v) is 7.55. The van der Waals surface area contributed by atoms with E-state index in [2.05, 4.69) is 29.0 Å². The number of pyridine rings is 1. The van der Waals surface area contributed by atoms with Crippen LogP contribution in [0, 0.1) is 5.82 Å². The van der Waals surface area contributed by atoms with Gasteiger partial charge in [-0.15, -0.1) is 0 Å². The highest BCUT2D eigenvalue weighted by molar-refractivity contribution is 7.88. The number of benzene rings is 1. The minimum Gasteiger partial charge on any atom is -0.376 e. The molecular formula is C24H32FN3O4S. The van der Waals surface area contributed by atoms with Gasteiger partial charge in [0.1, 0.15) is 5.82 Å². The number of aryl methyl sites for hydroxylation is 1. The zero-order valence-electron chi connectivity index (χ0n) is 19.1. The van der Waals surface area contributed by atoms with E-state index in [-0.39, 0.29) is 18.2 Å². The Bertz CT molecular complexity index is 1110. The van der Waals surface area contributed by atoms with Crippen LogP contribution in [0.4, 0.5) is 10.2 Å². The van der Waals surface area contributed by atoms with Crippen molar-refractivity contribution in [1.29, 1.82) is 0 Å². The Morgan fingerprint density at radius 3 is 2.48 bits per heavy atom. The fourth-order valence-corrected chi connectivity index (χ4v) is 5.98. The number of aromatic nitrogens is 1. The second-order valence-electron chi connectivity index (χ2n) is 9.22. The summed E-state index contributed by atoms with van der Waals surface area (Å²) in [4.78, 5) is 13.9. The smallest absolute Gasteiger partial charge is 0.219 e. The first-order valence-electron chi connectivity index (χ1n) is 11.5. The maximum absolute atomic E-state index is 13.7. The summed E-state index contributed by atoms with van der Waals surface area (Å²) in [5.74, 6) is 0.289. The summed E-state index contributed by atoms with van der Waals surface area (Å²) < 4.78 is 48.2. The molecule has 1 aliphatic heterocycles. The van der Waals surface area contributed by atoms with Gasteiger partial charge < -0.3 is 14.2 Å². The van der Waals surface area contributed by atoms with Crippen LogP contribution in [-0.2, 0) is 21.8 Å². The van der Waals surface area contributed by atoms with E-state index in [0.29, 0.717) is 31.3 Å². The zero-order chi connectivity index (χ0) is 23.6. The van der Waals surface area contributed by atoms with Crippen molar-refractivity contribution in [3.05, 3.63) is 64.2 Å². The number of anilines is 1. The first-order valence-corrected chi connectivity index (χ1v) is 13.4. The highest BCUT2D eigenvalue weighted by Crippen LogP contribution is 2.34. The molecule has 2 atom stereocenters. The van der Waals surface area contributed by atoms with Gasteiger partial charge in [-0.05, 0) is 43.6 Å². The number of nitrogens with one attached hydrogen (secondary N) is 1. The lowest BCUT2D eigenvalue weighted by Gasteiger charge is -2.34. The second kappa shape index (κ2) is 9.95. The van der Waals surface area contributed by atoms with Gasteiger partial charge in [0.2, 0.25) is 15.5 Å². The lowest BCUT2D eigenvalue weighted by atomic mass is 9.83. The summed E-state index contributed by atoms with van der Waals surface area (Å²) in [7, 11) is -1.73. The van der Waals surface area contributed by atoms with Gasteiger partial charge in [-0.1, -0.05) is 30.3 Å². The minimum atomic E-state index is -3.41. The molecule has 1 saturated heterocycles. The molecule has 1 aliphatic carbocycles. The molecule has 2 fully saturated rings. The summed E-state index contributed by atoms with van der Waals surface area (Å²) >= 11 is 0. The highest BCUT2D eigenvalue weighted by atomic mass is 32.2. The standard InChI is InChI=1S/C24H32FN3O4S/c1-27-15-20(25)23(29)14-24(27)28-13-12-21(26-33(2,30)31)22(28)16-32-19-10-8-18(9-11-19)17-6-4-3-5-7-17/h3-7,14-15,18-19,21-22,26H,8-13,16H2,1-2H3/t18?,19?,21-,22-/m0/s1. The van der Waals surface area contributed by atoms with Crippen molar-refractivity contribution in [2.45, 2.75) is 56.2 Å². The molecule has 2 aliphatic rings. The quantitative estimate of drug-likeness (QED) is 0.663. The molecule has 180 valence electrons. The lowest BCUT2D eigenvalue weighted by molar-refractivity contribution is 0.0155. The van der Waals surface area contributed by atoms with E-state index in [9.17, 15) is 17.6 Å². The first-order chi connectivity index (χ1) is 15.7. The highest BCUT2D eigenvalue weighted by Gasteiger charge is 2.38. The minimum absolute atomic E-state index is 0.114. The lowest BCUT2D eigenvalue weighted by Crippen LogP contribution is -2.48. The van der Waals surface area contributed by atoms with Crippen LogP contribution >= 0.6 is 0 Å². The molecule has 0 amide bonds. The fourth-order valence-electron chi connectivity index (χ4n) is 5.15. The Morgan fingerprint density at radius 1 is 1.12 bits per heavy atom. The van der Waals surface area contributed by atoms with Crippen LogP contribution in [0.15, 0.2) is 47.4 Å². The van der Waals surface area contributed by atoms with Crippen LogP contribution in [0.5, 0.6) is 0 Å². The van der Waals surface area contributed by atoms with E-state index in [4.69, 9.17) is 4.74 Å². The molecular weight excluding hydrogens is 445 g/mol. The fraction of sp³-hybridized carbons (Fsp3) is 0.542. The molecule has 0 bridgehead atoms. The van der Waals surface area contributed by atoms with Crippen molar-refractivity contribution >= 4 is 15.8 Å². The number of ether oxygens (including phenoxy) is 1. The molecule has 0 unspecified atom stereocenters. The Morgan fingerprint density at radius 2 is 1.82 bits per heavy atom. The normalized spacial score (nSPS) is 26.0. The number of hydrogen-bond acceptors (Lipinski definition) is 5. The summed E-state index contributed by atoms with van der Waals surface area (Å²) in [6.07, 6.45) is 7.01. The summed E-state index contributed by atoms with van der Waals surface area (Å²) in [5, 5.41) is 0. The average Bonchev–Trinajstić information content (AvgIpc) is 3.16. The Labute approximate surface area is 194 Å². The van der Waals surface area contributed by atoms with Crippen molar-refractivity contribution in [1.82, 2.24) is 9.29 Å². The van der Waals surface area contributed by atoms with Gasteiger partial charge in [0.25, 0.3) is 0 Å². The molecule has 0 radical (unpaired) electrons. The number of halogens is 1. The molecule has 4 rings (SSSR count). The van der Waals surface area contributed by atoms with Gasteiger partial charge in [-0.25, -0.2) is 17.5 Å². The molecule has 1 saturated carbocycles. The van der Waals surface area contributed by atoms with Gasteiger partial charge in [0.05, 0.1) is 25.0 Å². The summed E-state index contributed by atoms with van der Waals surface area (Å²) in [5.41, 5.74) is 0.689. The SMILES string of the molecule is Cn1cc(F)c(=O)cc1N1CC[C@H](NS(C)(=O)=O)[C@@H]1COC1CCC(c2ccccc2)CC1. The zero-order valence-corrected chi connectivity index (χ0v) is 19.9. The van der Waals surface area contributed by atoms with Gasteiger partial charge in [-0.2, -0.15) is 0 Å². The molecule has 7 nitrogen and oxygen atoms in total. The molecule has 2 heterocycles. The van der Waals surface area contributed by atoms with E-state index in [1.54, 1.807) is 11.6 Å². The largest absolute Gasteiger partial charge is 0.376 e. The molecule has 33 heavy (non-hydrogen) atoms. The van der Waals surface area contributed by atoms with Crippen LogP contribution in [0.3, 0.4) is 0 Å². The Kier molecular flexibility index (Phi) is 7.21. The van der Waals surface area contributed by atoms with Crippen LogP contribution in [-0.4, -0.2) is 50.6 Å². The van der Waals surface area contributed by atoms with E-state index in [1.165, 1.54) is 11.6 Å². The van der Waals surface area contributed by atoms with Crippen LogP contribution in [0.2, 0.25) is 0 Å². The average molecular weight is 478 g/mol. The molecule has 1 aromatic carbocycles. The molecule has 0 spiro atoms. The number of rotatable bonds is 7. The van der Waals surface area contributed by atoms with Crippen molar-refractivity contribution in [3.63, 3.8) is 0 Å². The first kappa shape index (κ1) is 23.9. The van der Waals surface area contributed by atoms with Crippen molar-refractivity contribution in [2.24, 2.45) is 7.05 Å². The molecule has 1 aromatic heterocycles. The van der Waals surface area contributed by atoms with Gasteiger partial charge in [0, 0.05) is 31.9 Å². The van der Waals surface area contributed by atoms with E-state index in [0.717, 1.165) is 38.1 Å². The van der Waals surface area contributed by atoms with Crippen LogP contribution in [0.25, 0.3) is 0 Å². The third kappa shape index (κ3) is 5.83. The van der Waals surface area contributed by atoms with Crippen molar-refractivity contribution in [2.75, 3.05) is 24.3 Å². The predicted molar refractivity (Wildman–Crippen MR) is 127 cm³/mol. The summed E-state index contributed by atoms with van der Waals surface area (Å²) in [6, 6.07) is 11.2. The molecule has 1 N–H and O–H groups in total. The number of nitrogens with zero attached hydrogens (tertiary/aromatic N) is 2. The Balaban J connectivity index is 1.45. The van der Waals surface area contributed by atoms with Crippen LogP contribution < -0.4 is 15.1 Å². The number of sulfonamides is 1. The second-order valence-corrected chi connectivity index (χ2v) is 11.0. The molecule has 2 aromatic rings. The van der Waals surface area contributed by atoms with E-state index >= 15 is 0 Å².